The maximum absolute atomic E-state index is 11.9. The van der Waals surface area contributed by atoms with Gasteiger partial charge in [0, 0.05) is 17.8 Å². The third-order valence-electron chi connectivity index (χ3n) is 3.25. The first-order valence-corrected chi connectivity index (χ1v) is 6.27. The van der Waals surface area contributed by atoms with E-state index in [0.29, 0.717) is 0 Å². The Labute approximate surface area is 123 Å². The van der Waals surface area contributed by atoms with Crippen molar-refractivity contribution in [3.63, 3.8) is 0 Å². The molecule has 1 aliphatic heterocycles. The SMILES string of the molecule is Nc1c(C=CC(=O)O)cnc(=O)n1[C@@H]1O[C@H](CO)[C@H](O)[C@H]1O. The number of ether oxygens (including phenoxy) is 1. The average Bonchev–Trinajstić information content (AvgIpc) is 2.74. The lowest BCUT2D eigenvalue weighted by Gasteiger charge is -2.20. The average molecular weight is 313 g/mol. The summed E-state index contributed by atoms with van der Waals surface area (Å²) < 4.78 is 6.01. The lowest BCUT2D eigenvalue weighted by molar-refractivity contribution is -0.131. The van der Waals surface area contributed by atoms with Crippen molar-refractivity contribution in [2.24, 2.45) is 0 Å². The highest BCUT2D eigenvalue weighted by molar-refractivity contribution is 5.86. The zero-order valence-electron chi connectivity index (χ0n) is 11.2. The highest BCUT2D eigenvalue weighted by Gasteiger charge is 2.44. The van der Waals surface area contributed by atoms with Crippen LogP contribution in [0.4, 0.5) is 5.82 Å². The standard InChI is InChI=1S/C12H15N3O7/c13-10-5(1-2-7(17)18)3-14-12(21)15(10)11-9(20)8(19)6(4-16)22-11/h1-3,6,8-9,11,16,19-20H,4,13H2,(H,17,18)/t6-,8+,9-,11-/m1/s1. The number of aliphatic carboxylic acids is 1. The van der Waals surface area contributed by atoms with Gasteiger partial charge in [-0.3, -0.25) is 0 Å². The van der Waals surface area contributed by atoms with E-state index in [9.17, 15) is 19.8 Å². The van der Waals surface area contributed by atoms with Crippen LogP contribution >= 0.6 is 0 Å². The number of aliphatic hydroxyl groups is 3. The number of aliphatic hydroxyl groups excluding tert-OH is 3. The summed E-state index contributed by atoms with van der Waals surface area (Å²) in [6, 6.07) is 0. The van der Waals surface area contributed by atoms with E-state index >= 15 is 0 Å². The minimum atomic E-state index is -1.50. The molecule has 120 valence electrons. The van der Waals surface area contributed by atoms with Crippen LogP contribution in [0.5, 0.6) is 0 Å². The third-order valence-corrected chi connectivity index (χ3v) is 3.25. The van der Waals surface area contributed by atoms with Crippen LogP contribution in [-0.2, 0) is 9.53 Å². The van der Waals surface area contributed by atoms with Gasteiger partial charge in [0.15, 0.2) is 6.23 Å². The van der Waals surface area contributed by atoms with Gasteiger partial charge >= 0.3 is 11.7 Å². The van der Waals surface area contributed by atoms with Gasteiger partial charge in [-0.1, -0.05) is 0 Å². The highest BCUT2D eigenvalue weighted by atomic mass is 16.6. The minimum Gasteiger partial charge on any atom is -0.478 e. The van der Waals surface area contributed by atoms with Gasteiger partial charge in [0.1, 0.15) is 24.1 Å². The van der Waals surface area contributed by atoms with Crippen molar-refractivity contribution in [3.05, 3.63) is 28.3 Å². The number of rotatable bonds is 4. The van der Waals surface area contributed by atoms with Crippen molar-refractivity contribution in [2.75, 3.05) is 12.3 Å². The number of carboxylic acid groups (broad SMARTS) is 1. The molecule has 1 fully saturated rings. The van der Waals surface area contributed by atoms with Gasteiger partial charge in [-0.05, 0) is 6.08 Å². The maximum Gasteiger partial charge on any atom is 0.351 e. The number of nitrogens with two attached hydrogens (primary N) is 1. The Balaban J connectivity index is 2.45. The van der Waals surface area contributed by atoms with E-state index in [1.165, 1.54) is 0 Å². The van der Waals surface area contributed by atoms with Gasteiger partial charge < -0.3 is 30.9 Å². The largest absolute Gasteiger partial charge is 0.478 e. The van der Waals surface area contributed by atoms with E-state index < -0.39 is 42.8 Å². The molecule has 22 heavy (non-hydrogen) atoms. The molecule has 1 saturated heterocycles. The number of carboxylic acids is 1. The zero-order chi connectivity index (χ0) is 16.4. The van der Waals surface area contributed by atoms with E-state index in [1.807, 2.05) is 0 Å². The Bertz CT molecular complexity index is 657. The number of aromatic nitrogens is 2. The molecule has 0 spiro atoms. The van der Waals surface area contributed by atoms with Gasteiger partial charge in [0.05, 0.1) is 6.61 Å². The summed E-state index contributed by atoms with van der Waals surface area (Å²) in [5, 5.41) is 37.3. The van der Waals surface area contributed by atoms with E-state index in [0.717, 1.165) is 22.9 Å². The third kappa shape index (κ3) is 2.85. The molecule has 0 aromatic carbocycles. The molecule has 2 rings (SSSR count). The molecule has 0 aliphatic carbocycles. The second kappa shape index (κ2) is 6.23. The molecule has 6 N–H and O–H groups in total. The lowest BCUT2D eigenvalue weighted by Crippen LogP contribution is -2.37. The topological polar surface area (TPSA) is 168 Å². The quantitative estimate of drug-likeness (QED) is 0.378. The molecule has 2 heterocycles. The van der Waals surface area contributed by atoms with Crippen LogP contribution in [-0.4, -0.2) is 60.9 Å². The summed E-state index contributed by atoms with van der Waals surface area (Å²) >= 11 is 0. The fourth-order valence-electron chi connectivity index (χ4n) is 2.12. The molecule has 0 unspecified atom stereocenters. The Hall–Kier alpha value is -2.27. The van der Waals surface area contributed by atoms with Crippen LogP contribution in [0.25, 0.3) is 6.08 Å². The summed E-state index contributed by atoms with van der Waals surface area (Å²) in [5.41, 5.74) is 5.07. The molecule has 0 radical (unpaired) electrons. The molecule has 10 nitrogen and oxygen atoms in total. The predicted octanol–water partition coefficient (Wildman–Crippen LogP) is -2.47. The van der Waals surface area contributed by atoms with Crippen molar-refractivity contribution in [1.29, 1.82) is 0 Å². The fourth-order valence-corrected chi connectivity index (χ4v) is 2.12. The highest BCUT2D eigenvalue weighted by Crippen LogP contribution is 2.30. The Morgan fingerprint density at radius 2 is 2.14 bits per heavy atom. The Morgan fingerprint density at radius 1 is 1.45 bits per heavy atom. The number of hydrogen-bond acceptors (Lipinski definition) is 8. The minimum absolute atomic E-state index is 0.125. The first-order chi connectivity index (χ1) is 10.4. The van der Waals surface area contributed by atoms with E-state index in [2.05, 4.69) is 4.98 Å². The fraction of sp³-hybridized carbons (Fsp3) is 0.417. The van der Waals surface area contributed by atoms with Crippen molar-refractivity contribution in [1.82, 2.24) is 9.55 Å². The van der Waals surface area contributed by atoms with Crippen molar-refractivity contribution < 1.29 is 30.0 Å². The van der Waals surface area contributed by atoms with Gasteiger partial charge in [-0.15, -0.1) is 0 Å². The van der Waals surface area contributed by atoms with E-state index in [4.69, 9.17) is 20.7 Å². The van der Waals surface area contributed by atoms with E-state index in [1.54, 1.807) is 0 Å². The Morgan fingerprint density at radius 3 is 2.68 bits per heavy atom. The number of anilines is 1. The van der Waals surface area contributed by atoms with Gasteiger partial charge in [-0.2, -0.15) is 0 Å². The summed E-state index contributed by atoms with van der Waals surface area (Å²) in [5.74, 6) is -1.41. The number of hydrogen-bond donors (Lipinski definition) is 5. The van der Waals surface area contributed by atoms with Crippen LogP contribution in [0, 0.1) is 0 Å². The van der Waals surface area contributed by atoms with E-state index in [-0.39, 0.29) is 11.4 Å². The molecule has 4 atom stereocenters. The molecule has 0 saturated carbocycles. The molecule has 0 amide bonds. The summed E-state index contributed by atoms with van der Waals surface area (Å²) in [6.45, 7) is -0.560. The first kappa shape index (κ1) is 16.1. The number of nitrogen functional groups attached to an aromatic ring is 1. The van der Waals surface area contributed by atoms with Gasteiger partial charge in [0.2, 0.25) is 0 Å². The molecule has 1 aromatic rings. The monoisotopic (exact) mass is 313 g/mol. The number of nitrogens with zero attached hydrogens (tertiary/aromatic N) is 2. The lowest BCUT2D eigenvalue weighted by atomic mass is 10.1. The van der Waals surface area contributed by atoms with Crippen LogP contribution in [0.15, 0.2) is 17.1 Å². The smallest absolute Gasteiger partial charge is 0.351 e. The summed E-state index contributed by atoms with van der Waals surface area (Å²) in [4.78, 5) is 25.9. The molecule has 1 aliphatic rings. The molecular formula is C12H15N3O7. The molecule has 0 bridgehead atoms. The normalized spacial score (nSPS) is 28.3. The molecule has 1 aromatic heterocycles. The molecular weight excluding hydrogens is 298 g/mol. The van der Waals surface area contributed by atoms with Crippen LogP contribution in [0.1, 0.15) is 11.8 Å². The van der Waals surface area contributed by atoms with Crippen molar-refractivity contribution in [3.8, 4) is 0 Å². The van der Waals surface area contributed by atoms with Crippen LogP contribution < -0.4 is 11.4 Å². The van der Waals surface area contributed by atoms with Crippen molar-refractivity contribution >= 4 is 17.9 Å². The summed E-state index contributed by atoms with van der Waals surface area (Å²) in [6.07, 6.45) is -2.32. The van der Waals surface area contributed by atoms with Gasteiger partial charge in [0.25, 0.3) is 0 Å². The summed E-state index contributed by atoms with van der Waals surface area (Å²) in [7, 11) is 0. The van der Waals surface area contributed by atoms with Crippen LogP contribution in [0.2, 0.25) is 0 Å². The van der Waals surface area contributed by atoms with Gasteiger partial charge in [-0.25, -0.2) is 19.1 Å². The first-order valence-electron chi connectivity index (χ1n) is 6.27. The van der Waals surface area contributed by atoms with Crippen molar-refractivity contribution in [2.45, 2.75) is 24.5 Å². The maximum atomic E-state index is 11.9. The second-order valence-electron chi connectivity index (χ2n) is 4.65. The van der Waals surface area contributed by atoms with Crippen LogP contribution in [0.3, 0.4) is 0 Å². The number of carbonyl (C=O) groups is 1. The predicted molar refractivity (Wildman–Crippen MR) is 72.6 cm³/mol. The zero-order valence-corrected chi connectivity index (χ0v) is 11.2. The Kier molecular flexibility index (Phi) is 4.56. The molecule has 10 heteroatoms. The second-order valence-corrected chi connectivity index (χ2v) is 4.65.